The molecule has 1 heterocycles. The largest absolute Gasteiger partial charge is 0.378 e. The molecule has 0 spiro atoms. The molecular formula is C15H23NO. The molecule has 1 aliphatic rings. The second-order valence-electron chi connectivity index (χ2n) is 5.13. The standard InChI is InChI=1S/C15H23NO/c1-4-11(2)13-5-7-14(8-6-13)15-10-17-9-12(3)16-15/h5-8,11-12,15-16H,4,9-10H2,1-3H3. The summed E-state index contributed by atoms with van der Waals surface area (Å²) < 4.78 is 5.59. The van der Waals surface area contributed by atoms with Crippen LogP contribution in [0.2, 0.25) is 0 Å². The quantitative estimate of drug-likeness (QED) is 0.865. The predicted molar refractivity (Wildman–Crippen MR) is 71.3 cm³/mol. The van der Waals surface area contributed by atoms with Crippen molar-refractivity contribution in [3.63, 3.8) is 0 Å². The summed E-state index contributed by atoms with van der Waals surface area (Å²) in [6.07, 6.45) is 1.20. The first-order chi connectivity index (χ1) is 8.20. The Labute approximate surface area is 104 Å². The smallest absolute Gasteiger partial charge is 0.0662 e. The summed E-state index contributed by atoms with van der Waals surface area (Å²) in [5.74, 6) is 0.651. The lowest BCUT2D eigenvalue weighted by atomic mass is 9.96. The molecule has 3 atom stereocenters. The van der Waals surface area contributed by atoms with Crippen molar-refractivity contribution in [2.45, 2.75) is 45.2 Å². The number of hydrogen-bond donors (Lipinski definition) is 1. The zero-order valence-corrected chi connectivity index (χ0v) is 11.1. The minimum Gasteiger partial charge on any atom is -0.378 e. The predicted octanol–water partition coefficient (Wildman–Crippen LogP) is 3.25. The number of benzene rings is 1. The normalized spacial score (nSPS) is 26.8. The molecule has 0 aromatic heterocycles. The van der Waals surface area contributed by atoms with Crippen LogP contribution in [0.25, 0.3) is 0 Å². The summed E-state index contributed by atoms with van der Waals surface area (Å²) in [7, 11) is 0. The van der Waals surface area contributed by atoms with Crippen LogP contribution in [0.3, 0.4) is 0 Å². The fourth-order valence-electron chi connectivity index (χ4n) is 2.29. The molecule has 0 bridgehead atoms. The van der Waals surface area contributed by atoms with Crippen molar-refractivity contribution in [1.29, 1.82) is 0 Å². The molecule has 0 radical (unpaired) electrons. The molecule has 0 saturated carbocycles. The summed E-state index contributed by atoms with van der Waals surface area (Å²) in [5, 5.41) is 3.57. The molecule has 17 heavy (non-hydrogen) atoms. The minimum absolute atomic E-state index is 0.352. The summed E-state index contributed by atoms with van der Waals surface area (Å²) in [6.45, 7) is 8.28. The van der Waals surface area contributed by atoms with Crippen LogP contribution in [0, 0.1) is 0 Å². The van der Waals surface area contributed by atoms with E-state index < -0.39 is 0 Å². The van der Waals surface area contributed by atoms with Gasteiger partial charge in [-0.1, -0.05) is 38.1 Å². The summed E-state index contributed by atoms with van der Waals surface area (Å²) in [4.78, 5) is 0. The van der Waals surface area contributed by atoms with Gasteiger partial charge < -0.3 is 10.1 Å². The SMILES string of the molecule is CCC(C)c1ccc(C2COCC(C)N2)cc1. The molecule has 1 N–H and O–H groups in total. The summed E-state index contributed by atoms with van der Waals surface area (Å²) in [6, 6.07) is 9.78. The molecule has 1 aromatic carbocycles. The zero-order valence-electron chi connectivity index (χ0n) is 11.1. The Morgan fingerprint density at radius 1 is 1.29 bits per heavy atom. The molecule has 3 unspecified atom stereocenters. The van der Waals surface area contributed by atoms with Crippen LogP contribution in [0.1, 0.15) is 50.3 Å². The van der Waals surface area contributed by atoms with Crippen LogP contribution in [0.15, 0.2) is 24.3 Å². The lowest BCUT2D eigenvalue weighted by Gasteiger charge is -2.29. The second kappa shape index (κ2) is 5.65. The molecule has 0 aliphatic carbocycles. The molecule has 0 amide bonds. The van der Waals surface area contributed by atoms with Gasteiger partial charge in [-0.05, 0) is 30.4 Å². The van der Waals surface area contributed by atoms with E-state index in [1.54, 1.807) is 0 Å². The Morgan fingerprint density at radius 2 is 2.00 bits per heavy atom. The second-order valence-corrected chi connectivity index (χ2v) is 5.13. The van der Waals surface area contributed by atoms with Crippen LogP contribution in [0.4, 0.5) is 0 Å². The number of morpholine rings is 1. The van der Waals surface area contributed by atoms with E-state index in [-0.39, 0.29) is 0 Å². The average molecular weight is 233 g/mol. The lowest BCUT2D eigenvalue weighted by molar-refractivity contribution is 0.0504. The molecule has 2 rings (SSSR count). The molecule has 1 saturated heterocycles. The third-order valence-corrected chi connectivity index (χ3v) is 3.66. The van der Waals surface area contributed by atoms with Crippen LogP contribution in [0.5, 0.6) is 0 Å². The van der Waals surface area contributed by atoms with E-state index in [1.165, 1.54) is 17.5 Å². The van der Waals surface area contributed by atoms with Crippen LogP contribution < -0.4 is 5.32 Å². The van der Waals surface area contributed by atoms with Crippen molar-refractivity contribution >= 4 is 0 Å². The first-order valence-corrected chi connectivity index (χ1v) is 6.64. The van der Waals surface area contributed by atoms with Crippen molar-refractivity contribution in [1.82, 2.24) is 5.32 Å². The highest BCUT2D eigenvalue weighted by Gasteiger charge is 2.19. The van der Waals surface area contributed by atoms with E-state index in [1.807, 2.05) is 0 Å². The van der Waals surface area contributed by atoms with Gasteiger partial charge in [-0.2, -0.15) is 0 Å². The Hall–Kier alpha value is -0.860. The van der Waals surface area contributed by atoms with Gasteiger partial charge in [0.15, 0.2) is 0 Å². The number of rotatable bonds is 3. The van der Waals surface area contributed by atoms with Gasteiger partial charge in [0.25, 0.3) is 0 Å². The zero-order chi connectivity index (χ0) is 12.3. The maximum Gasteiger partial charge on any atom is 0.0662 e. The Bertz CT molecular complexity index is 346. The maximum absolute atomic E-state index is 5.59. The third kappa shape index (κ3) is 3.08. The Kier molecular flexibility index (Phi) is 4.19. The van der Waals surface area contributed by atoms with E-state index in [9.17, 15) is 0 Å². The van der Waals surface area contributed by atoms with Gasteiger partial charge in [0, 0.05) is 6.04 Å². The van der Waals surface area contributed by atoms with Crippen molar-refractivity contribution in [2.24, 2.45) is 0 Å². The summed E-state index contributed by atoms with van der Waals surface area (Å²) in [5.41, 5.74) is 2.77. The molecule has 2 heteroatoms. The molecule has 1 fully saturated rings. The number of ether oxygens (including phenoxy) is 1. The van der Waals surface area contributed by atoms with Gasteiger partial charge in [-0.15, -0.1) is 0 Å². The highest BCUT2D eigenvalue weighted by Crippen LogP contribution is 2.22. The Morgan fingerprint density at radius 3 is 2.59 bits per heavy atom. The highest BCUT2D eigenvalue weighted by atomic mass is 16.5. The number of nitrogens with one attached hydrogen (secondary N) is 1. The van der Waals surface area contributed by atoms with E-state index in [2.05, 4.69) is 50.4 Å². The minimum atomic E-state index is 0.352. The van der Waals surface area contributed by atoms with Gasteiger partial charge in [-0.25, -0.2) is 0 Å². The van der Waals surface area contributed by atoms with Gasteiger partial charge in [-0.3, -0.25) is 0 Å². The van der Waals surface area contributed by atoms with E-state index in [4.69, 9.17) is 4.74 Å². The van der Waals surface area contributed by atoms with Crippen LogP contribution >= 0.6 is 0 Å². The fraction of sp³-hybridized carbons (Fsp3) is 0.600. The van der Waals surface area contributed by atoms with E-state index in [0.29, 0.717) is 18.0 Å². The van der Waals surface area contributed by atoms with Gasteiger partial charge in [0.1, 0.15) is 0 Å². The molecule has 94 valence electrons. The van der Waals surface area contributed by atoms with Gasteiger partial charge >= 0.3 is 0 Å². The van der Waals surface area contributed by atoms with E-state index >= 15 is 0 Å². The number of hydrogen-bond acceptors (Lipinski definition) is 2. The molecule has 2 nitrogen and oxygen atoms in total. The van der Waals surface area contributed by atoms with Crippen molar-refractivity contribution < 1.29 is 4.74 Å². The Balaban J connectivity index is 2.06. The monoisotopic (exact) mass is 233 g/mol. The van der Waals surface area contributed by atoms with E-state index in [0.717, 1.165) is 13.2 Å². The van der Waals surface area contributed by atoms with Crippen molar-refractivity contribution in [3.05, 3.63) is 35.4 Å². The average Bonchev–Trinajstić information content (AvgIpc) is 2.38. The molecular weight excluding hydrogens is 210 g/mol. The topological polar surface area (TPSA) is 21.3 Å². The molecule has 1 aromatic rings. The lowest BCUT2D eigenvalue weighted by Crippen LogP contribution is -2.41. The summed E-state index contributed by atoms with van der Waals surface area (Å²) >= 11 is 0. The van der Waals surface area contributed by atoms with Gasteiger partial charge in [0.2, 0.25) is 0 Å². The van der Waals surface area contributed by atoms with Crippen molar-refractivity contribution in [2.75, 3.05) is 13.2 Å². The van der Waals surface area contributed by atoms with Crippen molar-refractivity contribution in [3.8, 4) is 0 Å². The highest BCUT2D eigenvalue weighted by molar-refractivity contribution is 5.27. The first kappa shape index (κ1) is 12.6. The fourth-order valence-corrected chi connectivity index (χ4v) is 2.29. The van der Waals surface area contributed by atoms with Crippen LogP contribution in [-0.2, 0) is 4.74 Å². The third-order valence-electron chi connectivity index (χ3n) is 3.66. The maximum atomic E-state index is 5.59. The molecule has 1 aliphatic heterocycles. The van der Waals surface area contributed by atoms with Crippen LogP contribution in [-0.4, -0.2) is 19.3 Å². The first-order valence-electron chi connectivity index (χ1n) is 6.64. The van der Waals surface area contributed by atoms with Gasteiger partial charge in [0.05, 0.1) is 19.3 Å².